The van der Waals surface area contributed by atoms with Crippen molar-refractivity contribution in [3.05, 3.63) is 94.6 Å². The van der Waals surface area contributed by atoms with Gasteiger partial charge in [0.25, 0.3) is 0 Å². The fourth-order valence-electron chi connectivity index (χ4n) is 3.93. The first kappa shape index (κ1) is 23.3. The van der Waals surface area contributed by atoms with E-state index in [0.29, 0.717) is 17.9 Å². The van der Waals surface area contributed by atoms with Gasteiger partial charge in [0, 0.05) is 23.8 Å². The molecule has 1 atom stereocenters. The van der Waals surface area contributed by atoms with Crippen molar-refractivity contribution in [1.29, 1.82) is 0 Å². The molecule has 1 aliphatic rings. The summed E-state index contributed by atoms with van der Waals surface area (Å²) in [4.78, 5) is 30.5. The van der Waals surface area contributed by atoms with E-state index in [0.717, 1.165) is 28.2 Å². The number of aromatic nitrogens is 1. The Bertz CT molecular complexity index is 1160. The van der Waals surface area contributed by atoms with Crippen LogP contribution in [0.15, 0.2) is 60.9 Å². The maximum Gasteiger partial charge on any atom is 0.335 e. The largest absolute Gasteiger partial charge is 0.478 e. The van der Waals surface area contributed by atoms with E-state index < -0.39 is 5.97 Å². The monoisotopic (exact) mass is 482 g/mol. The number of benzene rings is 2. The highest BCUT2D eigenvalue weighted by Gasteiger charge is 2.35. The van der Waals surface area contributed by atoms with Crippen LogP contribution in [0.1, 0.15) is 38.0 Å². The molecular weight excluding hydrogens is 459 g/mol. The second-order valence-electron chi connectivity index (χ2n) is 7.68. The van der Waals surface area contributed by atoms with E-state index in [2.05, 4.69) is 4.98 Å². The topological polar surface area (TPSA) is 70.5 Å². The van der Waals surface area contributed by atoms with E-state index in [1.165, 1.54) is 29.5 Å². The van der Waals surface area contributed by atoms with Gasteiger partial charge in [-0.15, -0.1) is 11.8 Å². The average molecular weight is 483 g/mol. The van der Waals surface area contributed by atoms with E-state index >= 15 is 0 Å². The molecule has 0 bridgehead atoms. The third-order valence-corrected chi connectivity index (χ3v) is 7.84. The predicted octanol–water partition coefficient (Wildman–Crippen LogP) is 5.48. The number of thioether (sulfide) groups is 2. The van der Waals surface area contributed by atoms with Gasteiger partial charge >= 0.3 is 5.97 Å². The quantitative estimate of drug-likeness (QED) is 0.429. The third kappa shape index (κ3) is 5.23. The fourth-order valence-corrected chi connectivity index (χ4v) is 6.02. The molecule has 1 unspecified atom stereocenters. The molecule has 0 aliphatic carbocycles. The highest BCUT2D eigenvalue weighted by Crippen LogP contribution is 2.43. The van der Waals surface area contributed by atoms with Crippen molar-refractivity contribution in [2.75, 3.05) is 16.4 Å². The number of carboxylic acids is 1. The SMILES string of the molecule is Cc1c(N2C(=O)CSC2c2ccc(F)cc2)ccc(C(=O)O)c1CCSCc1ccncc1. The second kappa shape index (κ2) is 10.4. The summed E-state index contributed by atoms with van der Waals surface area (Å²) in [5.41, 5.74) is 4.51. The van der Waals surface area contributed by atoms with Gasteiger partial charge in [-0.2, -0.15) is 11.8 Å². The molecular formula is C25H23FN2O3S2. The van der Waals surface area contributed by atoms with Crippen molar-refractivity contribution in [2.45, 2.75) is 24.5 Å². The Kier molecular flexibility index (Phi) is 7.35. The Morgan fingerprint density at radius 2 is 1.91 bits per heavy atom. The Hall–Kier alpha value is -2.84. The number of aromatic carboxylic acids is 1. The maximum absolute atomic E-state index is 13.4. The van der Waals surface area contributed by atoms with Gasteiger partial charge in [-0.05, 0) is 77.7 Å². The van der Waals surface area contributed by atoms with Crippen LogP contribution in [0, 0.1) is 12.7 Å². The molecule has 8 heteroatoms. The Morgan fingerprint density at radius 3 is 2.61 bits per heavy atom. The van der Waals surface area contributed by atoms with Gasteiger partial charge in [0.2, 0.25) is 5.91 Å². The molecule has 5 nitrogen and oxygen atoms in total. The highest BCUT2D eigenvalue weighted by molar-refractivity contribution is 8.00. The standard InChI is InChI=1S/C25H23FN2O3S2/c1-16-20(10-13-32-14-17-8-11-27-12-9-17)21(25(30)31)6-7-22(16)28-23(29)15-33-24(28)18-2-4-19(26)5-3-18/h2-9,11-12,24H,10,13-15H2,1H3,(H,30,31). The first-order valence-corrected chi connectivity index (χ1v) is 12.7. The molecule has 33 heavy (non-hydrogen) atoms. The minimum atomic E-state index is -0.976. The number of amides is 1. The molecule has 2 aromatic carbocycles. The van der Waals surface area contributed by atoms with E-state index in [1.807, 2.05) is 19.1 Å². The minimum Gasteiger partial charge on any atom is -0.478 e. The molecule has 170 valence electrons. The lowest BCUT2D eigenvalue weighted by Crippen LogP contribution is -2.29. The number of carbonyl (C=O) groups is 2. The van der Waals surface area contributed by atoms with Crippen molar-refractivity contribution in [2.24, 2.45) is 0 Å². The van der Waals surface area contributed by atoms with Gasteiger partial charge in [-0.1, -0.05) is 12.1 Å². The molecule has 1 saturated heterocycles. The van der Waals surface area contributed by atoms with Crippen molar-refractivity contribution >= 4 is 41.1 Å². The summed E-state index contributed by atoms with van der Waals surface area (Å²) in [5, 5.41) is 9.48. The van der Waals surface area contributed by atoms with Crippen LogP contribution in [-0.4, -0.2) is 33.5 Å². The molecule has 3 aromatic rings. The van der Waals surface area contributed by atoms with Crippen LogP contribution in [0.2, 0.25) is 0 Å². The van der Waals surface area contributed by atoms with E-state index in [4.69, 9.17) is 0 Å². The molecule has 0 saturated carbocycles. The number of hydrogen-bond acceptors (Lipinski definition) is 5. The zero-order chi connectivity index (χ0) is 23.4. The summed E-state index contributed by atoms with van der Waals surface area (Å²) >= 11 is 3.21. The number of halogens is 1. The zero-order valence-electron chi connectivity index (χ0n) is 18.0. The van der Waals surface area contributed by atoms with Gasteiger partial charge in [-0.25, -0.2) is 9.18 Å². The summed E-state index contributed by atoms with van der Waals surface area (Å²) in [6.45, 7) is 1.88. The van der Waals surface area contributed by atoms with Crippen LogP contribution in [0.25, 0.3) is 0 Å². The summed E-state index contributed by atoms with van der Waals surface area (Å²) in [5.74, 6) is 0.538. The third-order valence-electron chi connectivity index (χ3n) is 5.60. The van der Waals surface area contributed by atoms with E-state index in [1.54, 1.807) is 53.3 Å². The number of hydrogen-bond donors (Lipinski definition) is 1. The van der Waals surface area contributed by atoms with Crippen molar-refractivity contribution in [1.82, 2.24) is 4.98 Å². The lowest BCUT2D eigenvalue weighted by molar-refractivity contribution is -0.115. The van der Waals surface area contributed by atoms with Crippen LogP contribution in [0.4, 0.5) is 10.1 Å². The molecule has 1 aliphatic heterocycles. The maximum atomic E-state index is 13.4. The second-order valence-corrected chi connectivity index (χ2v) is 9.85. The van der Waals surface area contributed by atoms with E-state index in [9.17, 15) is 19.1 Å². The molecule has 1 amide bonds. The molecule has 0 radical (unpaired) electrons. The van der Waals surface area contributed by atoms with Crippen LogP contribution in [0.3, 0.4) is 0 Å². The van der Waals surface area contributed by atoms with Gasteiger partial charge in [0.1, 0.15) is 11.2 Å². The lowest BCUT2D eigenvalue weighted by atomic mass is 9.97. The summed E-state index contributed by atoms with van der Waals surface area (Å²) in [6, 6.07) is 13.4. The first-order chi connectivity index (χ1) is 16.0. The number of nitrogens with zero attached hydrogens (tertiary/aromatic N) is 2. The number of carboxylic acid groups (broad SMARTS) is 1. The highest BCUT2D eigenvalue weighted by atomic mass is 32.2. The van der Waals surface area contributed by atoms with Gasteiger partial charge < -0.3 is 5.11 Å². The van der Waals surface area contributed by atoms with Crippen LogP contribution in [-0.2, 0) is 17.0 Å². The summed E-state index contributed by atoms with van der Waals surface area (Å²) in [7, 11) is 0. The lowest BCUT2D eigenvalue weighted by Gasteiger charge is -2.27. The van der Waals surface area contributed by atoms with E-state index in [-0.39, 0.29) is 22.7 Å². The van der Waals surface area contributed by atoms with Crippen molar-refractivity contribution in [3.63, 3.8) is 0 Å². The van der Waals surface area contributed by atoms with Gasteiger partial charge in [0.05, 0.1) is 11.3 Å². The average Bonchev–Trinajstić information content (AvgIpc) is 3.19. The summed E-state index contributed by atoms with van der Waals surface area (Å²) < 4.78 is 13.4. The number of pyridine rings is 1. The molecule has 1 aromatic heterocycles. The van der Waals surface area contributed by atoms with Gasteiger partial charge in [0.15, 0.2) is 0 Å². The minimum absolute atomic E-state index is 0.0430. The molecule has 2 heterocycles. The van der Waals surface area contributed by atoms with Gasteiger partial charge in [-0.3, -0.25) is 14.7 Å². The molecule has 1 fully saturated rings. The normalized spacial score (nSPS) is 15.8. The smallest absolute Gasteiger partial charge is 0.335 e. The summed E-state index contributed by atoms with van der Waals surface area (Å²) in [6.07, 6.45) is 4.09. The molecule has 0 spiro atoms. The Balaban J connectivity index is 1.59. The van der Waals surface area contributed by atoms with Crippen LogP contribution in [0.5, 0.6) is 0 Å². The van der Waals surface area contributed by atoms with Crippen molar-refractivity contribution in [3.8, 4) is 0 Å². The zero-order valence-corrected chi connectivity index (χ0v) is 19.7. The predicted molar refractivity (Wildman–Crippen MR) is 131 cm³/mol. The molecule has 1 N–H and O–H groups in total. The van der Waals surface area contributed by atoms with Crippen LogP contribution >= 0.6 is 23.5 Å². The number of rotatable bonds is 8. The van der Waals surface area contributed by atoms with Crippen molar-refractivity contribution < 1.29 is 19.1 Å². The number of carbonyl (C=O) groups excluding carboxylic acids is 1. The molecule has 4 rings (SSSR count). The Labute approximate surface area is 200 Å². The Morgan fingerprint density at radius 1 is 1.18 bits per heavy atom. The fraction of sp³-hybridized carbons (Fsp3) is 0.240. The first-order valence-electron chi connectivity index (χ1n) is 10.5. The number of anilines is 1. The van der Waals surface area contributed by atoms with Crippen LogP contribution < -0.4 is 4.90 Å².